The van der Waals surface area contributed by atoms with Crippen LogP contribution in [0.1, 0.15) is 5.56 Å². The predicted octanol–water partition coefficient (Wildman–Crippen LogP) is 0.541. The smallest absolute Gasteiger partial charge is 0.407 e. The number of carbonyl (C=O) groups excluding carboxylic acids is 1. The van der Waals surface area contributed by atoms with Gasteiger partial charge in [0.05, 0.1) is 12.6 Å². The molecule has 19 heavy (non-hydrogen) atoms. The summed E-state index contributed by atoms with van der Waals surface area (Å²) in [6.07, 6.45) is -1.94. The zero-order valence-electron chi connectivity index (χ0n) is 10.2. The monoisotopic (exact) mass is 268 g/mol. The minimum absolute atomic E-state index is 0.0910. The molecular formula is C12H16N2O5. The fourth-order valence-corrected chi connectivity index (χ4v) is 1.30. The lowest BCUT2D eigenvalue weighted by Crippen LogP contribution is -2.45. The van der Waals surface area contributed by atoms with Crippen molar-refractivity contribution in [3.8, 4) is 0 Å². The average molecular weight is 268 g/mol. The lowest BCUT2D eigenvalue weighted by Gasteiger charge is -2.15. The Labute approximate surface area is 110 Å². The molecule has 0 saturated heterocycles. The van der Waals surface area contributed by atoms with Crippen LogP contribution in [0.3, 0.4) is 0 Å². The standard InChI is InChI=1S/C12H16N2O5/c15-7-10(6-13-11(16)17)14-12(18)19-8-9-4-2-1-3-5-9/h1-5,10,13,15H,6-8H2,(H,14,18)(H,16,17). The summed E-state index contributed by atoms with van der Waals surface area (Å²) < 4.78 is 4.93. The van der Waals surface area contributed by atoms with Gasteiger partial charge >= 0.3 is 12.2 Å². The Hall–Kier alpha value is -2.28. The molecular weight excluding hydrogens is 252 g/mol. The summed E-state index contributed by atoms with van der Waals surface area (Å²) in [6.45, 7) is -0.371. The molecule has 0 aliphatic heterocycles. The van der Waals surface area contributed by atoms with Crippen molar-refractivity contribution in [3.05, 3.63) is 35.9 Å². The first-order valence-corrected chi connectivity index (χ1v) is 5.66. The number of alkyl carbamates (subject to hydrolysis) is 1. The molecule has 0 aliphatic carbocycles. The van der Waals surface area contributed by atoms with Crippen LogP contribution in [-0.2, 0) is 11.3 Å². The molecule has 4 N–H and O–H groups in total. The summed E-state index contributed by atoms with van der Waals surface area (Å²) >= 11 is 0. The van der Waals surface area contributed by atoms with Crippen LogP contribution in [0.25, 0.3) is 0 Å². The minimum Gasteiger partial charge on any atom is -0.465 e. The summed E-state index contributed by atoms with van der Waals surface area (Å²) in [5.41, 5.74) is 0.835. The fourth-order valence-electron chi connectivity index (χ4n) is 1.30. The van der Waals surface area contributed by atoms with Gasteiger partial charge in [-0.1, -0.05) is 30.3 Å². The van der Waals surface area contributed by atoms with E-state index in [1.807, 2.05) is 30.3 Å². The number of carbonyl (C=O) groups is 2. The van der Waals surface area contributed by atoms with E-state index < -0.39 is 18.2 Å². The maximum Gasteiger partial charge on any atom is 0.407 e. The Morgan fingerprint density at radius 2 is 1.95 bits per heavy atom. The number of ether oxygens (including phenoxy) is 1. The lowest BCUT2D eigenvalue weighted by atomic mass is 10.2. The Morgan fingerprint density at radius 1 is 1.26 bits per heavy atom. The van der Waals surface area contributed by atoms with Crippen molar-refractivity contribution in [1.29, 1.82) is 0 Å². The molecule has 0 radical (unpaired) electrons. The third-order valence-electron chi connectivity index (χ3n) is 2.25. The molecule has 1 rings (SSSR count). The molecule has 7 nitrogen and oxygen atoms in total. The molecule has 1 atom stereocenters. The largest absolute Gasteiger partial charge is 0.465 e. The third-order valence-corrected chi connectivity index (χ3v) is 2.25. The highest BCUT2D eigenvalue weighted by Gasteiger charge is 2.13. The van der Waals surface area contributed by atoms with Gasteiger partial charge in [-0.3, -0.25) is 0 Å². The Bertz CT molecular complexity index is 410. The summed E-state index contributed by atoms with van der Waals surface area (Å²) in [6, 6.07) is 8.39. The summed E-state index contributed by atoms with van der Waals surface area (Å²) in [5, 5.41) is 21.8. The summed E-state index contributed by atoms with van der Waals surface area (Å²) in [7, 11) is 0. The van der Waals surface area contributed by atoms with E-state index in [1.54, 1.807) is 0 Å². The van der Waals surface area contributed by atoms with Crippen molar-refractivity contribution in [3.63, 3.8) is 0 Å². The van der Waals surface area contributed by atoms with Crippen LogP contribution < -0.4 is 10.6 Å². The van der Waals surface area contributed by atoms with Crippen molar-refractivity contribution >= 4 is 12.2 Å². The maximum atomic E-state index is 11.4. The highest BCUT2D eigenvalue weighted by atomic mass is 16.5. The van der Waals surface area contributed by atoms with Gasteiger partial charge in [0.1, 0.15) is 6.61 Å². The number of amides is 2. The van der Waals surface area contributed by atoms with Crippen molar-refractivity contribution < 1.29 is 24.5 Å². The van der Waals surface area contributed by atoms with Crippen LogP contribution in [0.4, 0.5) is 9.59 Å². The van der Waals surface area contributed by atoms with E-state index in [2.05, 4.69) is 10.6 Å². The number of aliphatic hydroxyl groups excluding tert-OH is 1. The normalized spacial score (nSPS) is 11.4. The van der Waals surface area contributed by atoms with Crippen LogP contribution in [-0.4, -0.2) is 41.6 Å². The number of carboxylic acid groups (broad SMARTS) is 1. The molecule has 2 amide bonds. The quantitative estimate of drug-likeness (QED) is 0.602. The number of aliphatic hydroxyl groups is 1. The molecule has 104 valence electrons. The second-order valence-electron chi connectivity index (χ2n) is 3.77. The van der Waals surface area contributed by atoms with Gasteiger partial charge in [0.25, 0.3) is 0 Å². The molecule has 0 fully saturated rings. The first-order chi connectivity index (χ1) is 9.11. The average Bonchev–Trinajstić information content (AvgIpc) is 2.42. The summed E-state index contributed by atoms with van der Waals surface area (Å²) in [5.74, 6) is 0. The minimum atomic E-state index is -1.22. The number of hydrogen-bond acceptors (Lipinski definition) is 4. The van der Waals surface area contributed by atoms with Crippen LogP contribution >= 0.6 is 0 Å². The van der Waals surface area contributed by atoms with E-state index in [-0.39, 0.29) is 19.8 Å². The second-order valence-corrected chi connectivity index (χ2v) is 3.77. The number of rotatable bonds is 6. The molecule has 0 heterocycles. The molecule has 7 heteroatoms. The van der Waals surface area contributed by atoms with Crippen molar-refractivity contribution in [1.82, 2.24) is 10.6 Å². The highest BCUT2D eigenvalue weighted by Crippen LogP contribution is 2.00. The van der Waals surface area contributed by atoms with Crippen LogP contribution in [0.15, 0.2) is 30.3 Å². The molecule has 0 saturated carbocycles. The highest BCUT2D eigenvalue weighted by molar-refractivity contribution is 5.68. The second kappa shape index (κ2) is 7.93. The lowest BCUT2D eigenvalue weighted by molar-refractivity contribution is 0.128. The first-order valence-electron chi connectivity index (χ1n) is 5.66. The topological polar surface area (TPSA) is 108 Å². The third kappa shape index (κ3) is 6.27. The zero-order valence-corrected chi connectivity index (χ0v) is 10.2. The van der Waals surface area contributed by atoms with Gasteiger partial charge in [-0.25, -0.2) is 9.59 Å². The maximum absolute atomic E-state index is 11.4. The van der Waals surface area contributed by atoms with Gasteiger partial charge in [0.2, 0.25) is 0 Å². The van der Waals surface area contributed by atoms with Gasteiger partial charge in [-0.2, -0.15) is 0 Å². The van der Waals surface area contributed by atoms with E-state index in [4.69, 9.17) is 14.9 Å². The van der Waals surface area contributed by atoms with Gasteiger partial charge in [-0.05, 0) is 5.56 Å². The Kier molecular flexibility index (Phi) is 6.17. The molecule has 1 unspecified atom stereocenters. The molecule has 0 aliphatic rings. The molecule has 0 aromatic heterocycles. The molecule has 1 aromatic rings. The van der Waals surface area contributed by atoms with E-state index in [9.17, 15) is 9.59 Å². The molecule has 1 aromatic carbocycles. The predicted molar refractivity (Wildman–Crippen MR) is 66.7 cm³/mol. The van der Waals surface area contributed by atoms with Gasteiger partial charge in [0, 0.05) is 6.54 Å². The van der Waals surface area contributed by atoms with E-state index in [1.165, 1.54) is 0 Å². The van der Waals surface area contributed by atoms with Gasteiger partial charge in [0.15, 0.2) is 0 Å². The first kappa shape index (κ1) is 14.8. The van der Waals surface area contributed by atoms with Crippen LogP contribution in [0.2, 0.25) is 0 Å². The van der Waals surface area contributed by atoms with Crippen molar-refractivity contribution in [2.45, 2.75) is 12.6 Å². The Morgan fingerprint density at radius 3 is 2.53 bits per heavy atom. The van der Waals surface area contributed by atoms with E-state index >= 15 is 0 Å². The van der Waals surface area contributed by atoms with Crippen molar-refractivity contribution in [2.24, 2.45) is 0 Å². The van der Waals surface area contributed by atoms with Gasteiger partial charge < -0.3 is 25.6 Å². The SMILES string of the molecule is O=C(O)NCC(CO)NC(=O)OCc1ccccc1. The summed E-state index contributed by atoms with van der Waals surface area (Å²) in [4.78, 5) is 21.7. The van der Waals surface area contributed by atoms with Crippen molar-refractivity contribution in [2.75, 3.05) is 13.2 Å². The molecule has 0 bridgehead atoms. The van der Waals surface area contributed by atoms with Crippen LogP contribution in [0.5, 0.6) is 0 Å². The Balaban J connectivity index is 2.30. The fraction of sp³-hybridized carbons (Fsp3) is 0.333. The zero-order chi connectivity index (χ0) is 14.1. The number of hydrogen-bond donors (Lipinski definition) is 4. The number of nitrogens with one attached hydrogen (secondary N) is 2. The van der Waals surface area contributed by atoms with E-state index in [0.29, 0.717) is 0 Å². The number of benzene rings is 1. The molecule has 0 spiro atoms. The van der Waals surface area contributed by atoms with E-state index in [0.717, 1.165) is 5.56 Å². The van der Waals surface area contributed by atoms with Gasteiger partial charge in [-0.15, -0.1) is 0 Å². The van der Waals surface area contributed by atoms with Crippen LogP contribution in [0, 0.1) is 0 Å².